The molecular weight excluding hydrogens is 326 g/mol. The van der Waals surface area contributed by atoms with Gasteiger partial charge in [-0.05, 0) is 25.1 Å². The molecule has 0 radical (unpaired) electrons. The van der Waals surface area contributed by atoms with Crippen LogP contribution in [0.15, 0.2) is 29.2 Å². The SMILES string of the molecule is CC(N)C(C)C(=O)Nc1cccc(S(=O)(=O)C(F)F)c1.Cl. The smallest absolute Gasteiger partial charge is 0.327 e. The lowest BCUT2D eigenvalue weighted by atomic mass is 10.0. The molecule has 0 aliphatic heterocycles. The molecule has 1 aromatic carbocycles. The first-order valence-corrected chi connectivity index (χ1v) is 7.39. The van der Waals surface area contributed by atoms with E-state index in [4.69, 9.17) is 5.73 Å². The van der Waals surface area contributed by atoms with Crippen LogP contribution in [0.2, 0.25) is 0 Å². The number of carbonyl (C=O) groups excluding carboxylic acids is 1. The zero-order valence-corrected chi connectivity index (χ0v) is 13.0. The predicted molar refractivity (Wildman–Crippen MR) is 78.3 cm³/mol. The van der Waals surface area contributed by atoms with Crippen LogP contribution in [0.1, 0.15) is 13.8 Å². The molecule has 0 fully saturated rings. The number of anilines is 1. The Morgan fingerprint density at radius 1 is 1.29 bits per heavy atom. The molecule has 0 spiro atoms. The van der Waals surface area contributed by atoms with Crippen molar-refractivity contribution in [3.05, 3.63) is 24.3 Å². The van der Waals surface area contributed by atoms with Crippen LogP contribution in [-0.2, 0) is 14.6 Å². The molecule has 1 aromatic rings. The number of sulfone groups is 1. The highest BCUT2D eigenvalue weighted by Gasteiger charge is 2.27. The van der Waals surface area contributed by atoms with Crippen molar-refractivity contribution in [2.24, 2.45) is 11.7 Å². The Hall–Kier alpha value is -1.25. The summed E-state index contributed by atoms with van der Waals surface area (Å²) in [4.78, 5) is 11.2. The maximum atomic E-state index is 12.4. The number of benzene rings is 1. The summed E-state index contributed by atoms with van der Waals surface area (Å²) in [7, 11) is -4.68. The first kappa shape index (κ1) is 19.8. The second-order valence-corrected chi connectivity index (χ2v) is 6.39. The summed E-state index contributed by atoms with van der Waals surface area (Å²) in [5.74, 6) is -4.41. The van der Waals surface area contributed by atoms with Gasteiger partial charge in [-0.3, -0.25) is 4.79 Å². The zero-order chi connectivity index (χ0) is 15.5. The van der Waals surface area contributed by atoms with Crippen LogP contribution in [0.25, 0.3) is 0 Å². The lowest BCUT2D eigenvalue weighted by Gasteiger charge is -2.15. The van der Waals surface area contributed by atoms with Gasteiger partial charge < -0.3 is 11.1 Å². The molecule has 0 saturated heterocycles. The molecule has 2 unspecified atom stereocenters. The van der Waals surface area contributed by atoms with Crippen molar-refractivity contribution in [2.75, 3.05) is 5.32 Å². The normalized spacial score (nSPS) is 14.2. The molecule has 3 N–H and O–H groups in total. The van der Waals surface area contributed by atoms with Gasteiger partial charge in [-0.1, -0.05) is 13.0 Å². The van der Waals surface area contributed by atoms with Crippen LogP contribution < -0.4 is 11.1 Å². The van der Waals surface area contributed by atoms with E-state index >= 15 is 0 Å². The second-order valence-electron chi connectivity index (χ2n) is 4.47. The molecule has 2 atom stereocenters. The van der Waals surface area contributed by atoms with Crippen molar-refractivity contribution >= 4 is 33.8 Å². The van der Waals surface area contributed by atoms with Crippen molar-refractivity contribution in [2.45, 2.75) is 30.5 Å². The first-order valence-electron chi connectivity index (χ1n) is 5.85. The standard InChI is InChI=1S/C12H16F2N2O3S.ClH/c1-7(8(2)15)11(17)16-9-4-3-5-10(6-9)20(18,19)12(13)14;/h3-8,12H,15H2,1-2H3,(H,16,17);1H. The van der Waals surface area contributed by atoms with Crippen LogP contribution in [0.4, 0.5) is 14.5 Å². The number of amides is 1. The number of hydrogen-bond acceptors (Lipinski definition) is 4. The fourth-order valence-corrected chi connectivity index (χ4v) is 2.11. The van der Waals surface area contributed by atoms with Gasteiger partial charge in [-0.15, -0.1) is 12.4 Å². The van der Waals surface area contributed by atoms with Crippen LogP contribution >= 0.6 is 12.4 Å². The topological polar surface area (TPSA) is 89.3 Å². The van der Waals surface area contributed by atoms with E-state index < -0.39 is 32.3 Å². The number of rotatable bonds is 5. The van der Waals surface area contributed by atoms with E-state index in [0.29, 0.717) is 0 Å². The Balaban J connectivity index is 0.00000400. The van der Waals surface area contributed by atoms with Crippen molar-refractivity contribution in [1.29, 1.82) is 0 Å². The molecule has 5 nitrogen and oxygen atoms in total. The fourth-order valence-electron chi connectivity index (χ4n) is 1.35. The highest BCUT2D eigenvalue weighted by molar-refractivity contribution is 7.91. The molecule has 0 heterocycles. The molecule has 0 aliphatic rings. The van der Waals surface area contributed by atoms with Crippen molar-refractivity contribution in [1.82, 2.24) is 0 Å². The number of nitrogens with one attached hydrogen (secondary N) is 1. The summed E-state index contributed by atoms with van der Waals surface area (Å²) in [6, 6.07) is 4.35. The van der Waals surface area contributed by atoms with E-state index in [9.17, 15) is 22.0 Å². The summed E-state index contributed by atoms with van der Waals surface area (Å²) >= 11 is 0. The second kappa shape index (κ2) is 7.67. The first-order chi connectivity index (χ1) is 9.16. The molecule has 9 heteroatoms. The van der Waals surface area contributed by atoms with E-state index in [1.54, 1.807) is 13.8 Å². The van der Waals surface area contributed by atoms with Gasteiger partial charge in [0, 0.05) is 11.7 Å². The number of carbonyl (C=O) groups is 1. The molecule has 1 rings (SSSR count). The van der Waals surface area contributed by atoms with E-state index in [-0.39, 0.29) is 24.1 Å². The van der Waals surface area contributed by atoms with Crippen LogP contribution in [-0.4, -0.2) is 26.1 Å². The van der Waals surface area contributed by atoms with Gasteiger partial charge in [0.1, 0.15) is 0 Å². The van der Waals surface area contributed by atoms with E-state index in [1.165, 1.54) is 12.1 Å². The molecule has 1 amide bonds. The summed E-state index contributed by atoms with van der Waals surface area (Å²) in [5, 5.41) is 2.45. The third kappa shape index (κ3) is 4.90. The lowest BCUT2D eigenvalue weighted by Crippen LogP contribution is -2.34. The minimum Gasteiger partial charge on any atom is -0.327 e. The molecule has 0 bridgehead atoms. The summed E-state index contributed by atoms with van der Waals surface area (Å²) in [5.41, 5.74) is 5.70. The maximum Gasteiger partial charge on any atom is 0.341 e. The molecular formula is C12H17ClF2N2O3S. The molecule has 21 heavy (non-hydrogen) atoms. The minimum absolute atomic E-state index is 0. The molecule has 0 aliphatic carbocycles. The Bertz CT molecular complexity index is 594. The third-order valence-electron chi connectivity index (χ3n) is 2.87. The number of halogens is 3. The summed E-state index contributed by atoms with van der Waals surface area (Å²) in [6.07, 6.45) is 0. The highest BCUT2D eigenvalue weighted by Crippen LogP contribution is 2.21. The fraction of sp³-hybridized carbons (Fsp3) is 0.417. The van der Waals surface area contributed by atoms with E-state index in [2.05, 4.69) is 5.32 Å². The quantitative estimate of drug-likeness (QED) is 0.856. The molecule has 0 aromatic heterocycles. The van der Waals surface area contributed by atoms with Crippen molar-refractivity contribution < 1.29 is 22.0 Å². The van der Waals surface area contributed by atoms with Gasteiger partial charge in [-0.25, -0.2) is 8.42 Å². The van der Waals surface area contributed by atoms with Gasteiger partial charge in [0.2, 0.25) is 15.7 Å². The predicted octanol–water partition coefficient (Wildman–Crippen LogP) is 2.03. The summed E-state index contributed by atoms with van der Waals surface area (Å²) in [6.45, 7) is 3.27. The van der Waals surface area contributed by atoms with Gasteiger partial charge in [0.25, 0.3) is 0 Å². The van der Waals surface area contributed by atoms with Crippen LogP contribution in [0.5, 0.6) is 0 Å². The summed E-state index contributed by atoms with van der Waals surface area (Å²) < 4.78 is 47.5. The Morgan fingerprint density at radius 3 is 2.33 bits per heavy atom. The van der Waals surface area contributed by atoms with Gasteiger partial charge >= 0.3 is 5.76 Å². The van der Waals surface area contributed by atoms with E-state index in [1.807, 2.05) is 0 Å². The maximum absolute atomic E-state index is 12.4. The lowest BCUT2D eigenvalue weighted by molar-refractivity contribution is -0.119. The number of alkyl halides is 2. The molecule has 120 valence electrons. The van der Waals surface area contributed by atoms with Crippen LogP contribution in [0.3, 0.4) is 0 Å². The minimum atomic E-state index is -4.68. The van der Waals surface area contributed by atoms with Gasteiger partial charge in [0.05, 0.1) is 10.8 Å². The highest BCUT2D eigenvalue weighted by atomic mass is 35.5. The average Bonchev–Trinajstić information content (AvgIpc) is 2.37. The van der Waals surface area contributed by atoms with E-state index in [0.717, 1.165) is 12.1 Å². The van der Waals surface area contributed by atoms with Crippen molar-refractivity contribution in [3.63, 3.8) is 0 Å². The third-order valence-corrected chi connectivity index (χ3v) is 4.25. The number of hydrogen-bond donors (Lipinski definition) is 2. The Morgan fingerprint density at radius 2 is 1.86 bits per heavy atom. The largest absolute Gasteiger partial charge is 0.341 e. The Kier molecular flexibility index (Phi) is 7.21. The van der Waals surface area contributed by atoms with Crippen LogP contribution in [0, 0.1) is 5.92 Å². The average molecular weight is 343 g/mol. The number of nitrogens with two attached hydrogens (primary N) is 1. The monoisotopic (exact) mass is 342 g/mol. The van der Waals surface area contributed by atoms with Gasteiger partial charge in [-0.2, -0.15) is 8.78 Å². The van der Waals surface area contributed by atoms with Gasteiger partial charge in [0.15, 0.2) is 0 Å². The molecule has 0 saturated carbocycles. The Labute approximate surface area is 128 Å². The zero-order valence-electron chi connectivity index (χ0n) is 11.4. The van der Waals surface area contributed by atoms with Crippen molar-refractivity contribution in [3.8, 4) is 0 Å².